The van der Waals surface area contributed by atoms with Crippen LogP contribution in [0.25, 0.3) is 0 Å². The molecule has 0 aromatic carbocycles. The first kappa shape index (κ1) is 8.59. The summed E-state index contributed by atoms with van der Waals surface area (Å²) in [6, 6.07) is 0. The lowest BCUT2D eigenvalue weighted by molar-refractivity contribution is -0.134. The Balaban J connectivity index is 4.06. The number of nitrogens with two attached hydrogens (primary N) is 1. The van der Waals surface area contributed by atoms with Gasteiger partial charge in [0.25, 0.3) is 0 Å². The van der Waals surface area contributed by atoms with Gasteiger partial charge in [0.15, 0.2) is 12.0 Å². The van der Waals surface area contributed by atoms with E-state index < -0.39 is 11.6 Å². The average Bonchev–Trinajstić information content (AvgIpc) is 1.62. The van der Waals surface area contributed by atoms with Gasteiger partial charge < -0.3 is 5.11 Å². The van der Waals surface area contributed by atoms with Gasteiger partial charge in [0.1, 0.15) is 0 Å². The van der Waals surface area contributed by atoms with Crippen LogP contribution in [0.2, 0.25) is 0 Å². The Morgan fingerprint density at radius 3 is 1.89 bits per heavy atom. The fourth-order valence-corrected chi connectivity index (χ4v) is 0.444. The van der Waals surface area contributed by atoms with Crippen LogP contribution in [-0.2, 0) is 4.79 Å². The molecule has 9 heavy (non-hydrogen) atoms. The second-order valence-electron chi connectivity index (χ2n) is 3.06. The number of aliphatic hydroxyl groups excluding tert-OH is 1. The quantitative estimate of drug-likeness (QED) is 0.487. The molecule has 1 unspecified atom stereocenters. The molecule has 0 aliphatic heterocycles. The Bertz CT molecular complexity index is 113. The van der Waals surface area contributed by atoms with Crippen LogP contribution in [0.4, 0.5) is 0 Å². The molecule has 0 saturated carbocycles. The van der Waals surface area contributed by atoms with E-state index in [4.69, 9.17) is 10.8 Å². The van der Waals surface area contributed by atoms with E-state index in [1.165, 1.54) is 0 Å². The molecule has 0 heterocycles. The van der Waals surface area contributed by atoms with Crippen molar-refractivity contribution in [3.8, 4) is 0 Å². The molecule has 0 saturated heterocycles. The van der Waals surface area contributed by atoms with Crippen molar-refractivity contribution in [3.63, 3.8) is 0 Å². The van der Waals surface area contributed by atoms with Gasteiger partial charge in [-0.05, 0) is 0 Å². The van der Waals surface area contributed by atoms with Gasteiger partial charge in [0.05, 0.1) is 0 Å². The van der Waals surface area contributed by atoms with Crippen molar-refractivity contribution < 1.29 is 9.90 Å². The molecular weight excluding hydrogens is 118 g/mol. The first-order valence-electron chi connectivity index (χ1n) is 2.83. The summed E-state index contributed by atoms with van der Waals surface area (Å²) in [6.07, 6.45) is -1.33. The third-order valence-electron chi connectivity index (χ3n) is 1.01. The summed E-state index contributed by atoms with van der Waals surface area (Å²) in [6.45, 7) is 5.14. The number of hydrogen-bond donors (Lipinski definition) is 2. The highest BCUT2D eigenvalue weighted by Crippen LogP contribution is 2.14. The molecule has 0 radical (unpaired) electrons. The molecule has 3 heteroatoms. The third-order valence-corrected chi connectivity index (χ3v) is 1.01. The van der Waals surface area contributed by atoms with Crippen LogP contribution >= 0.6 is 0 Å². The third kappa shape index (κ3) is 2.58. The zero-order chi connectivity index (χ0) is 7.65. The van der Waals surface area contributed by atoms with Gasteiger partial charge in [-0.1, -0.05) is 20.8 Å². The minimum absolute atomic E-state index is 0.331. The minimum atomic E-state index is -1.33. The number of rotatable bonds is 1. The van der Waals surface area contributed by atoms with Crippen molar-refractivity contribution in [1.82, 2.24) is 0 Å². The summed E-state index contributed by atoms with van der Waals surface area (Å²) in [5, 5.41) is 8.58. The largest absolute Gasteiger partial charge is 0.371 e. The monoisotopic (exact) mass is 131 g/mol. The van der Waals surface area contributed by atoms with E-state index in [0.29, 0.717) is 0 Å². The Morgan fingerprint density at radius 1 is 1.56 bits per heavy atom. The maximum Gasteiger partial charge on any atom is 0.181 e. The molecule has 0 aromatic rings. The summed E-state index contributed by atoms with van der Waals surface area (Å²) >= 11 is 0. The van der Waals surface area contributed by atoms with E-state index in [1.54, 1.807) is 20.8 Å². The lowest BCUT2D eigenvalue weighted by Crippen LogP contribution is -2.38. The number of aliphatic hydroxyl groups is 1. The molecular formula is C6H13NO2. The van der Waals surface area contributed by atoms with Crippen molar-refractivity contribution in [2.24, 2.45) is 11.1 Å². The normalized spacial score (nSPS) is 15.2. The smallest absolute Gasteiger partial charge is 0.181 e. The van der Waals surface area contributed by atoms with Crippen molar-refractivity contribution in [1.29, 1.82) is 0 Å². The van der Waals surface area contributed by atoms with Crippen LogP contribution in [0.5, 0.6) is 0 Å². The van der Waals surface area contributed by atoms with Crippen LogP contribution < -0.4 is 5.73 Å². The second kappa shape index (κ2) is 2.45. The number of ketones is 1. The predicted octanol–water partition coefficient (Wildman–Crippen LogP) is -0.121. The van der Waals surface area contributed by atoms with Gasteiger partial charge in [-0.25, -0.2) is 0 Å². The highest BCUT2D eigenvalue weighted by Gasteiger charge is 2.25. The maximum absolute atomic E-state index is 10.8. The molecule has 0 rings (SSSR count). The zero-order valence-electron chi connectivity index (χ0n) is 6.01. The molecule has 1 atom stereocenters. The number of hydrogen-bond acceptors (Lipinski definition) is 3. The van der Waals surface area contributed by atoms with Gasteiger partial charge in [0.2, 0.25) is 0 Å². The molecule has 54 valence electrons. The van der Waals surface area contributed by atoms with Crippen LogP contribution in [0.1, 0.15) is 20.8 Å². The fourth-order valence-electron chi connectivity index (χ4n) is 0.444. The number of Topliss-reactive ketones (excluding diaryl/α,β-unsaturated/α-hetero) is 1. The summed E-state index contributed by atoms with van der Waals surface area (Å²) in [5.41, 5.74) is 4.39. The SMILES string of the molecule is CC(C)(C)C(=O)C(N)O. The Hall–Kier alpha value is -0.410. The van der Waals surface area contributed by atoms with E-state index in [-0.39, 0.29) is 5.78 Å². The van der Waals surface area contributed by atoms with Crippen molar-refractivity contribution >= 4 is 5.78 Å². The van der Waals surface area contributed by atoms with E-state index in [1.807, 2.05) is 0 Å². The first-order chi connectivity index (χ1) is 3.85. The fraction of sp³-hybridized carbons (Fsp3) is 0.833. The van der Waals surface area contributed by atoms with Crippen molar-refractivity contribution in [2.45, 2.75) is 27.0 Å². The Kier molecular flexibility index (Phi) is 2.34. The lowest BCUT2D eigenvalue weighted by Gasteiger charge is -2.17. The van der Waals surface area contributed by atoms with Gasteiger partial charge in [0, 0.05) is 5.41 Å². The lowest BCUT2D eigenvalue weighted by atomic mass is 9.90. The predicted molar refractivity (Wildman–Crippen MR) is 34.7 cm³/mol. The van der Waals surface area contributed by atoms with E-state index in [2.05, 4.69) is 0 Å². The molecule has 0 bridgehead atoms. The summed E-state index contributed by atoms with van der Waals surface area (Å²) in [7, 11) is 0. The molecule has 0 aliphatic rings. The van der Waals surface area contributed by atoms with Crippen LogP contribution in [-0.4, -0.2) is 17.1 Å². The van der Waals surface area contributed by atoms with Gasteiger partial charge in [-0.3, -0.25) is 10.5 Å². The number of carbonyl (C=O) groups is 1. The average molecular weight is 131 g/mol. The topological polar surface area (TPSA) is 63.3 Å². The molecule has 0 aliphatic carbocycles. The van der Waals surface area contributed by atoms with E-state index >= 15 is 0 Å². The zero-order valence-corrected chi connectivity index (χ0v) is 6.01. The number of carbonyl (C=O) groups excluding carboxylic acids is 1. The minimum Gasteiger partial charge on any atom is -0.371 e. The van der Waals surface area contributed by atoms with E-state index in [9.17, 15) is 4.79 Å². The molecule has 0 spiro atoms. The molecule has 3 N–H and O–H groups in total. The van der Waals surface area contributed by atoms with Crippen molar-refractivity contribution in [2.75, 3.05) is 0 Å². The Labute approximate surface area is 54.9 Å². The van der Waals surface area contributed by atoms with Crippen LogP contribution in [0, 0.1) is 5.41 Å². The highest BCUT2D eigenvalue weighted by molar-refractivity contribution is 5.86. The van der Waals surface area contributed by atoms with Crippen LogP contribution in [0.15, 0.2) is 0 Å². The van der Waals surface area contributed by atoms with Crippen LogP contribution in [0.3, 0.4) is 0 Å². The second-order valence-corrected chi connectivity index (χ2v) is 3.06. The maximum atomic E-state index is 10.8. The summed E-state index contributed by atoms with van der Waals surface area (Å²) in [5.74, 6) is -0.331. The standard InChI is InChI=1S/C6H13NO2/c1-6(2,3)4(8)5(7)9/h5,9H,7H2,1-3H3. The molecule has 0 aromatic heterocycles. The molecule has 0 amide bonds. The van der Waals surface area contributed by atoms with E-state index in [0.717, 1.165) is 0 Å². The van der Waals surface area contributed by atoms with Gasteiger partial charge in [-0.2, -0.15) is 0 Å². The van der Waals surface area contributed by atoms with Crippen molar-refractivity contribution in [3.05, 3.63) is 0 Å². The molecule has 3 nitrogen and oxygen atoms in total. The molecule has 0 fully saturated rings. The Morgan fingerprint density at radius 2 is 1.89 bits per heavy atom. The summed E-state index contributed by atoms with van der Waals surface area (Å²) < 4.78 is 0. The first-order valence-corrected chi connectivity index (χ1v) is 2.83. The van der Waals surface area contributed by atoms with Gasteiger partial charge in [-0.15, -0.1) is 0 Å². The summed E-state index contributed by atoms with van der Waals surface area (Å²) in [4.78, 5) is 10.8. The highest BCUT2D eigenvalue weighted by atomic mass is 16.3. The van der Waals surface area contributed by atoms with Gasteiger partial charge >= 0.3 is 0 Å².